The molecular formula is C16H13Cl2N3O3S. The van der Waals surface area contributed by atoms with E-state index in [1.165, 1.54) is 6.07 Å². The summed E-state index contributed by atoms with van der Waals surface area (Å²) in [4.78, 5) is 14.2. The first-order valence-electron chi connectivity index (χ1n) is 7.13. The number of hydrogen-bond acceptors (Lipinski definition) is 3. The lowest BCUT2D eigenvalue weighted by molar-refractivity contribution is 0.0993. The number of nitrogens with two attached hydrogens (primary N) is 1. The zero-order chi connectivity index (χ0) is 18.2. The van der Waals surface area contributed by atoms with Crippen LogP contribution in [0.1, 0.15) is 16.1 Å². The quantitative estimate of drug-likeness (QED) is 0.615. The number of fused-ring (bicyclic) bond motifs is 1. The van der Waals surface area contributed by atoms with Gasteiger partial charge in [-0.3, -0.25) is 4.79 Å². The fourth-order valence-electron chi connectivity index (χ4n) is 2.44. The van der Waals surface area contributed by atoms with E-state index in [-0.39, 0.29) is 17.1 Å². The standard InChI is InChI=1S/C16H13Cl2N3O3S/c17-10-3-1-9(2-4-10)8-20-25(23,24)15-12-7-11(18)5-6-13(12)21-14(15)16(19)22/h1-7,20-21H,8H2,(H2,19,22). The van der Waals surface area contributed by atoms with Gasteiger partial charge >= 0.3 is 0 Å². The largest absolute Gasteiger partial charge is 0.364 e. The molecule has 1 aromatic heterocycles. The zero-order valence-corrected chi connectivity index (χ0v) is 15.0. The maximum Gasteiger partial charge on any atom is 0.266 e. The van der Waals surface area contributed by atoms with Crippen LogP contribution in [0, 0.1) is 0 Å². The van der Waals surface area contributed by atoms with Crippen LogP contribution >= 0.6 is 23.2 Å². The molecule has 1 heterocycles. The predicted octanol–water partition coefficient (Wildman–Crippen LogP) is 3.05. The Morgan fingerprint density at radius 3 is 2.36 bits per heavy atom. The molecule has 6 nitrogen and oxygen atoms in total. The first kappa shape index (κ1) is 17.8. The molecule has 0 radical (unpaired) electrons. The number of sulfonamides is 1. The highest BCUT2D eigenvalue weighted by atomic mass is 35.5. The lowest BCUT2D eigenvalue weighted by atomic mass is 10.2. The van der Waals surface area contributed by atoms with E-state index in [9.17, 15) is 13.2 Å². The second-order valence-electron chi connectivity index (χ2n) is 5.33. The summed E-state index contributed by atoms with van der Waals surface area (Å²) in [5.41, 5.74) is 6.30. The fourth-order valence-corrected chi connectivity index (χ4v) is 4.12. The van der Waals surface area contributed by atoms with Crippen molar-refractivity contribution in [2.24, 2.45) is 5.73 Å². The third-order valence-electron chi connectivity index (χ3n) is 3.61. The Morgan fingerprint density at radius 2 is 1.72 bits per heavy atom. The van der Waals surface area contributed by atoms with Gasteiger partial charge in [0.15, 0.2) is 0 Å². The molecule has 0 unspecified atom stereocenters. The van der Waals surface area contributed by atoms with Gasteiger partial charge in [0.2, 0.25) is 10.0 Å². The zero-order valence-electron chi connectivity index (χ0n) is 12.7. The van der Waals surface area contributed by atoms with Gasteiger partial charge in [0.05, 0.1) is 0 Å². The van der Waals surface area contributed by atoms with Gasteiger partial charge in [-0.15, -0.1) is 0 Å². The molecule has 0 spiro atoms. The molecule has 1 amide bonds. The van der Waals surface area contributed by atoms with Crippen LogP contribution in [0.4, 0.5) is 0 Å². The normalized spacial score (nSPS) is 11.8. The van der Waals surface area contributed by atoms with Crippen LogP contribution in [0.3, 0.4) is 0 Å². The summed E-state index contributed by atoms with van der Waals surface area (Å²) in [6.45, 7) is 0.0327. The summed E-state index contributed by atoms with van der Waals surface area (Å²) in [7, 11) is -4.02. The number of primary amides is 1. The number of nitrogens with one attached hydrogen (secondary N) is 2. The Hall–Kier alpha value is -2.06. The summed E-state index contributed by atoms with van der Waals surface area (Å²) in [6, 6.07) is 11.4. The number of aromatic nitrogens is 1. The summed E-state index contributed by atoms with van der Waals surface area (Å²) in [6.07, 6.45) is 0. The topological polar surface area (TPSA) is 105 Å². The lowest BCUT2D eigenvalue weighted by Crippen LogP contribution is -2.26. The summed E-state index contributed by atoms with van der Waals surface area (Å²) in [5.74, 6) is -0.876. The Morgan fingerprint density at radius 1 is 1.08 bits per heavy atom. The van der Waals surface area contributed by atoms with Gasteiger partial charge in [0.1, 0.15) is 10.6 Å². The Bertz CT molecular complexity index is 1060. The first-order chi connectivity index (χ1) is 11.8. The van der Waals surface area contributed by atoms with Crippen LogP contribution in [0.2, 0.25) is 10.0 Å². The van der Waals surface area contributed by atoms with Crippen LogP contribution in [0.25, 0.3) is 10.9 Å². The smallest absolute Gasteiger partial charge is 0.266 e. The summed E-state index contributed by atoms with van der Waals surface area (Å²) >= 11 is 11.8. The molecule has 0 saturated heterocycles. The minimum Gasteiger partial charge on any atom is -0.364 e. The number of carbonyl (C=O) groups excluding carboxylic acids is 1. The van der Waals surface area contributed by atoms with E-state index >= 15 is 0 Å². The maximum atomic E-state index is 12.8. The maximum absolute atomic E-state index is 12.8. The highest BCUT2D eigenvalue weighted by Gasteiger charge is 2.27. The average Bonchev–Trinajstić information content (AvgIpc) is 2.94. The second-order valence-corrected chi connectivity index (χ2v) is 7.91. The molecule has 9 heteroatoms. The van der Waals surface area contributed by atoms with Gasteiger partial charge in [-0.05, 0) is 35.9 Å². The van der Waals surface area contributed by atoms with Crippen molar-refractivity contribution in [1.29, 1.82) is 0 Å². The van der Waals surface area contributed by atoms with Crippen molar-refractivity contribution in [3.8, 4) is 0 Å². The Kier molecular flexibility index (Phi) is 4.75. The fraction of sp³-hybridized carbons (Fsp3) is 0.0625. The van der Waals surface area contributed by atoms with Gasteiger partial charge in [-0.1, -0.05) is 35.3 Å². The number of amides is 1. The van der Waals surface area contributed by atoms with Crippen LogP contribution < -0.4 is 10.5 Å². The third-order valence-corrected chi connectivity index (χ3v) is 5.58. The number of hydrogen-bond donors (Lipinski definition) is 3. The number of carbonyl (C=O) groups is 1. The van der Waals surface area contributed by atoms with Crippen LogP contribution in [-0.2, 0) is 16.6 Å². The number of rotatable bonds is 5. The molecule has 0 aliphatic heterocycles. The predicted molar refractivity (Wildman–Crippen MR) is 97.3 cm³/mol. The van der Waals surface area contributed by atoms with Crippen LogP contribution in [-0.4, -0.2) is 19.3 Å². The van der Waals surface area contributed by atoms with E-state index in [0.29, 0.717) is 26.5 Å². The molecule has 3 aromatic rings. The second kappa shape index (κ2) is 6.68. The number of benzene rings is 2. The summed E-state index contributed by atoms with van der Waals surface area (Å²) < 4.78 is 28.0. The van der Waals surface area contributed by atoms with Gasteiger partial charge < -0.3 is 10.7 Å². The molecule has 4 N–H and O–H groups in total. The van der Waals surface area contributed by atoms with Crippen molar-refractivity contribution in [2.45, 2.75) is 11.4 Å². The van der Waals surface area contributed by atoms with E-state index in [1.807, 2.05) is 0 Å². The van der Waals surface area contributed by atoms with Gasteiger partial charge in [-0.2, -0.15) is 0 Å². The van der Waals surface area contributed by atoms with Crippen LogP contribution in [0.5, 0.6) is 0 Å². The van der Waals surface area contributed by atoms with Crippen molar-refractivity contribution in [2.75, 3.05) is 0 Å². The minimum atomic E-state index is -4.02. The molecule has 2 aromatic carbocycles. The number of H-pyrrole nitrogens is 1. The van der Waals surface area contributed by atoms with Crippen molar-refractivity contribution in [3.05, 3.63) is 63.8 Å². The Labute approximate surface area is 154 Å². The molecule has 0 saturated carbocycles. The molecule has 0 aliphatic rings. The average molecular weight is 398 g/mol. The van der Waals surface area contributed by atoms with Crippen LogP contribution in [0.15, 0.2) is 47.4 Å². The van der Waals surface area contributed by atoms with E-state index in [2.05, 4.69) is 9.71 Å². The summed E-state index contributed by atoms with van der Waals surface area (Å²) in [5, 5.41) is 1.19. The van der Waals surface area contributed by atoms with Gasteiger partial charge in [0.25, 0.3) is 5.91 Å². The van der Waals surface area contributed by atoms with E-state index in [0.717, 1.165) is 0 Å². The highest BCUT2D eigenvalue weighted by molar-refractivity contribution is 7.89. The third kappa shape index (κ3) is 3.64. The first-order valence-corrected chi connectivity index (χ1v) is 9.37. The molecule has 0 aliphatic carbocycles. The monoisotopic (exact) mass is 397 g/mol. The van der Waals surface area contributed by atoms with E-state index in [1.54, 1.807) is 36.4 Å². The molecule has 25 heavy (non-hydrogen) atoms. The van der Waals surface area contributed by atoms with Crippen molar-refractivity contribution < 1.29 is 13.2 Å². The molecule has 0 atom stereocenters. The molecule has 130 valence electrons. The number of halogens is 2. The lowest BCUT2D eigenvalue weighted by Gasteiger charge is -2.08. The van der Waals surface area contributed by atoms with E-state index in [4.69, 9.17) is 28.9 Å². The van der Waals surface area contributed by atoms with Crippen molar-refractivity contribution in [1.82, 2.24) is 9.71 Å². The van der Waals surface area contributed by atoms with E-state index < -0.39 is 15.9 Å². The molecule has 0 bridgehead atoms. The van der Waals surface area contributed by atoms with Gasteiger partial charge in [0, 0.05) is 27.5 Å². The highest BCUT2D eigenvalue weighted by Crippen LogP contribution is 2.29. The molecular weight excluding hydrogens is 385 g/mol. The molecule has 3 rings (SSSR count). The van der Waals surface area contributed by atoms with Gasteiger partial charge in [-0.25, -0.2) is 13.1 Å². The minimum absolute atomic E-state index is 0.0327. The van der Waals surface area contributed by atoms with Crippen molar-refractivity contribution >= 4 is 50.0 Å². The Balaban J connectivity index is 2.03. The molecule has 0 fully saturated rings. The van der Waals surface area contributed by atoms with Crippen molar-refractivity contribution in [3.63, 3.8) is 0 Å². The SMILES string of the molecule is NC(=O)c1[nH]c2ccc(Cl)cc2c1S(=O)(=O)NCc1ccc(Cl)cc1. The number of aromatic amines is 1.